The van der Waals surface area contributed by atoms with Gasteiger partial charge in [-0.15, -0.1) is 11.8 Å². The maximum atomic E-state index is 12.3. The number of ketones is 1. The first-order chi connectivity index (χ1) is 9.56. The van der Waals surface area contributed by atoms with Gasteiger partial charge in [0.1, 0.15) is 0 Å². The highest BCUT2D eigenvalue weighted by Crippen LogP contribution is 2.15. The molecule has 0 bridgehead atoms. The Kier molecular flexibility index (Phi) is 7.88. The number of hydrogen-bond donors (Lipinski definition) is 0. The largest absolute Gasteiger partial charge is 0.383 e. The van der Waals surface area contributed by atoms with Gasteiger partial charge in [0.15, 0.2) is 5.78 Å². The summed E-state index contributed by atoms with van der Waals surface area (Å²) in [5, 5.41) is 0. The van der Waals surface area contributed by atoms with E-state index < -0.39 is 0 Å². The van der Waals surface area contributed by atoms with E-state index in [0.717, 1.165) is 18.7 Å². The zero-order chi connectivity index (χ0) is 15.0. The highest BCUT2D eigenvalue weighted by atomic mass is 32.2. The van der Waals surface area contributed by atoms with Crippen molar-refractivity contribution in [3.8, 4) is 0 Å². The Hall–Kier alpha value is -0.840. The molecular formula is C16H25NO2S. The van der Waals surface area contributed by atoms with Crippen molar-refractivity contribution in [2.45, 2.75) is 18.7 Å². The summed E-state index contributed by atoms with van der Waals surface area (Å²) in [6, 6.07) is 7.83. The van der Waals surface area contributed by atoms with Gasteiger partial charge in [-0.05, 0) is 24.3 Å². The molecular weight excluding hydrogens is 270 g/mol. The molecule has 0 saturated heterocycles. The lowest BCUT2D eigenvalue weighted by Gasteiger charge is -2.23. The smallest absolute Gasteiger partial charge is 0.176 e. The molecule has 1 aromatic carbocycles. The van der Waals surface area contributed by atoms with Crippen LogP contribution in [0.5, 0.6) is 0 Å². The number of hydrogen-bond acceptors (Lipinski definition) is 4. The topological polar surface area (TPSA) is 29.5 Å². The van der Waals surface area contributed by atoms with Crippen LogP contribution in [-0.2, 0) is 4.74 Å². The molecule has 0 amide bonds. The maximum Gasteiger partial charge on any atom is 0.176 e. The molecule has 0 unspecified atom stereocenters. The number of methoxy groups -OCH3 is 1. The van der Waals surface area contributed by atoms with Crippen LogP contribution in [0, 0.1) is 5.92 Å². The molecule has 0 aromatic heterocycles. The molecule has 20 heavy (non-hydrogen) atoms. The molecule has 0 fully saturated rings. The molecule has 0 aliphatic carbocycles. The number of nitrogens with zero attached hydrogens (tertiary/aromatic N) is 1. The standard InChI is InChI=1S/C16H25NO2S/c1-13(2)11-17(9-10-19-3)12-16(18)14-5-7-15(20-4)8-6-14/h5-8,13H,9-12H2,1-4H3. The molecule has 112 valence electrons. The van der Waals surface area contributed by atoms with Crippen LogP contribution >= 0.6 is 11.8 Å². The normalized spacial score (nSPS) is 11.3. The fraction of sp³-hybridized carbons (Fsp3) is 0.562. The molecule has 0 heterocycles. The van der Waals surface area contributed by atoms with Crippen molar-refractivity contribution >= 4 is 17.5 Å². The summed E-state index contributed by atoms with van der Waals surface area (Å²) in [6.45, 7) is 7.15. The Morgan fingerprint density at radius 1 is 1.30 bits per heavy atom. The Bertz CT molecular complexity index is 403. The van der Waals surface area contributed by atoms with Gasteiger partial charge in [0.05, 0.1) is 13.2 Å². The highest BCUT2D eigenvalue weighted by Gasteiger charge is 2.13. The summed E-state index contributed by atoms with van der Waals surface area (Å²) in [7, 11) is 1.69. The minimum atomic E-state index is 0.175. The van der Waals surface area contributed by atoms with Crippen LogP contribution in [0.3, 0.4) is 0 Å². The lowest BCUT2D eigenvalue weighted by molar-refractivity contribution is 0.0881. The van der Waals surface area contributed by atoms with E-state index in [1.54, 1.807) is 18.9 Å². The van der Waals surface area contributed by atoms with Gasteiger partial charge in [0, 0.05) is 30.7 Å². The molecule has 0 aliphatic heterocycles. The van der Waals surface area contributed by atoms with E-state index >= 15 is 0 Å². The van der Waals surface area contributed by atoms with Crippen LogP contribution in [-0.4, -0.2) is 50.3 Å². The van der Waals surface area contributed by atoms with E-state index in [9.17, 15) is 4.79 Å². The third kappa shape index (κ3) is 6.07. The molecule has 0 radical (unpaired) electrons. The van der Waals surface area contributed by atoms with Crippen LogP contribution in [0.1, 0.15) is 24.2 Å². The maximum absolute atomic E-state index is 12.3. The summed E-state index contributed by atoms with van der Waals surface area (Å²) >= 11 is 1.68. The van der Waals surface area contributed by atoms with Crippen LogP contribution in [0.15, 0.2) is 29.2 Å². The molecule has 0 aliphatic rings. The van der Waals surface area contributed by atoms with Crippen molar-refractivity contribution in [3.05, 3.63) is 29.8 Å². The second kappa shape index (κ2) is 9.16. The number of Topliss-reactive ketones (excluding diaryl/α,β-unsaturated/α-hetero) is 1. The molecule has 0 spiro atoms. The first kappa shape index (κ1) is 17.2. The monoisotopic (exact) mass is 295 g/mol. The van der Waals surface area contributed by atoms with Crippen molar-refractivity contribution in [1.29, 1.82) is 0 Å². The Morgan fingerprint density at radius 3 is 2.45 bits per heavy atom. The van der Waals surface area contributed by atoms with Gasteiger partial charge in [-0.25, -0.2) is 0 Å². The minimum Gasteiger partial charge on any atom is -0.383 e. The minimum absolute atomic E-state index is 0.175. The van der Waals surface area contributed by atoms with Crippen LogP contribution in [0.25, 0.3) is 0 Å². The van der Waals surface area contributed by atoms with Gasteiger partial charge in [-0.3, -0.25) is 9.69 Å². The van der Waals surface area contributed by atoms with Crippen LogP contribution in [0.4, 0.5) is 0 Å². The van der Waals surface area contributed by atoms with Crippen LogP contribution < -0.4 is 0 Å². The number of thioether (sulfide) groups is 1. The first-order valence-electron chi connectivity index (χ1n) is 6.95. The molecule has 0 N–H and O–H groups in total. The van der Waals surface area contributed by atoms with Crippen molar-refractivity contribution in [2.75, 3.05) is 39.6 Å². The molecule has 1 rings (SSSR count). The Balaban J connectivity index is 2.63. The lowest BCUT2D eigenvalue weighted by Crippen LogP contribution is -2.35. The predicted octanol–water partition coefficient (Wildman–Crippen LogP) is 3.20. The van der Waals surface area contributed by atoms with Crippen molar-refractivity contribution in [1.82, 2.24) is 4.90 Å². The van der Waals surface area contributed by atoms with Gasteiger partial charge >= 0.3 is 0 Å². The number of ether oxygens (including phenoxy) is 1. The molecule has 4 heteroatoms. The van der Waals surface area contributed by atoms with E-state index in [0.29, 0.717) is 19.1 Å². The summed E-state index contributed by atoms with van der Waals surface area (Å²) in [5.74, 6) is 0.716. The number of carbonyl (C=O) groups excluding carboxylic acids is 1. The summed E-state index contributed by atoms with van der Waals surface area (Å²) in [5.41, 5.74) is 0.786. The third-order valence-corrected chi connectivity index (χ3v) is 3.76. The van der Waals surface area contributed by atoms with Gasteiger partial charge in [0.25, 0.3) is 0 Å². The summed E-state index contributed by atoms with van der Waals surface area (Å²) in [6.07, 6.45) is 2.03. The number of rotatable bonds is 9. The molecule has 0 saturated carbocycles. The first-order valence-corrected chi connectivity index (χ1v) is 8.17. The fourth-order valence-corrected chi connectivity index (χ4v) is 2.45. The lowest BCUT2D eigenvalue weighted by atomic mass is 10.1. The average Bonchev–Trinajstić information content (AvgIpc) is 2.44. The van der Waals surface area contributed by atoms with Gasteiger partial charge in [-0.1, -0.05) is 26.0 Å². The van der Waals surface area contributed by atoms with E-state index in [-0.39, 0.29) is 5.78 Å². The number of benzene rings is 1. The van der Waals surface area contributed by atoms with E-state index in [4.69, 9.17) is 4.74 Å². The Morgan fingerprint density at radius 2 is 1.95 bits per heavy atom. The van der Waals surface area contributed by atoms with Crippen molar-refractivity contribution in [2.24, 2.45) is 5.92 Å². The number of carbonyl (C=O) groups is 1. The quantitative estimate of drug-likeness (QED) is 0.517. The van der Waals surface area contributed by atoms with Crippen LogP contribution in [0.2, 0.25) is 0 Å². The molecule has 1 aromatic rings. The van der Waals surface area contributed by atoms with E-state index in [1.807, 2.05) is 30.5 Å². The highest BCUT2D eigenvalue weighted by molar-refractivity contribution is 7.98. The zero-order valence-corrected chi connectivity index (χ0v) is 13.7. The second-order valence-corrected chi connectivity index (χ2v) is 6.15. The predicted molar refractivity (Wildman–Crippen MR) is 85.7 cm³/mol. The second-order valence-electron chi connectivity index (χ2n) is 5.27. The van der Waals surface area contributed by atoms with Gasteiger partial charge in [-0.2, -0.15) is 0 Å². The molecule has 3 nitrogen and oxygen atoms in total. The van der Waals surface area contributed by atoms with E-state index in [2.05, 4.69) is 18.7 Å². The van der Waals surface area contributed by atoms with Crippen molar-refractivity contribution in [3.63, 3.8) is 0 Å². The van der Waals surface area contributed by atoms with Gasteiger partial charge < -0.3 is 4.74 Å². The molecule has 0 atom stereocenters. The zero-order valence-electron chi connectivity index (χ0n) is 12.9. The summed E-state index contributed by atoms with van der Waals surface area (Å²) in [4.78, 5) is 15.7. The van der Waals surface area contributed by atoms with Crippen molar-refractivity contribution < 1.29 is 9.53 Å². The SMILES string of the molecule is COCCN(CC(=O)c1ccc(SC)cc1)CC(C)C. The fourth-order valence-electron chi connectivity index (χ4n) is 2.04. The van der Waals surface area contributed by atoms with Gasteiger partial charge in [0.2, 0.25) is 0 Å². The average molecular weight is 295 g/mol. The van der Waals surface area contributed by atoms with E-state index in [1.165, 1.54) is 4.90 Å². The summed E-state index contributed by atoms with van der Waals surface area (Å²) < 4.78 is 5.12. The third-order valence-electron chi connectivity index (χ3n) is 3.01. The Labute approximate surface area is 126 Å².